The highest BCUT2D eigenvalue weighted by atomic mass is 16.5. The molecule has 2 aromatic carbocycles. The van der Waals surface area contributed by atoms with Gasteiger partial charge < -0.3 is 19.9 Å². The van der Waals surface area contributed by atoms with E-state index in [1.807, 2.05) is 0 Å². The van der Waals surface area contributed by atoms with Crippen LogP contribution in [-0.2, 0) is 6.54 Å². The van der Waals surface area contributed by atoms with Crippen molar-refractivity contribution in [3.63, 3.8) is 0 Å². The molecular weight excluding hydrogens is 394 g/mol. The van der Waals surface area contributed by atoms with E-state index in [0.29, 0.717) is 12.0 Å². The molecule has 2 heterocycles. The third-order valence-corrected chi connectivity index (χ3v) is 7.34. The molecule has 2 saturated heterocycles. The summed E-state index contributed by atoms with van der Waals surface area (Å²) in [6.45, 7) is 8.93. The number of nitrogens with one attached hydrogen (secondary N) is 1. The Labute approximate surface area is 194 Å². The van der Waals surface area contributed by atoms with Gasteiger partial charge in [-0.25, -0.2) is 0 Å². The van der Waals surface area contributed by atoms with Gasteiger partial charge in [-0.05, 0) is 69.8 Å². The standard InChI is InChI=1S/C28H41N3O/c1-23(24-9-4-3-5-10-24)22-31-19-15-27(16-20-31)32-28-13-7-6-11-25(28)21-29-17-14-26-12-8-18-30(26)2/h3-7,9-11,13,23,26-27,29H,8,12,14-22H2,1-2H3. The molecular formula is C28H41N3O. The second-order valence-corrected chi connectivity index (χ2v) is 9.78. The van der Waals surface area contributed by atoms with Crippen LogP contribution in [0.15, 0.2) is 54.6 Å². The number of benzene rings is 2. The van der Waals surface area contributed by atoms with Crippen molar-refractivity contribution in [3.8, 4) is 5.75 Å². The molecule has 0 bridgehead atoms. The summed E-state index contributed by atoms with van der Waals surface area (Å²) in [6, 6.07) is 20.2. The maximum atomic E-state index is 6.50. The van der Waals surface area contributed by atoms with Crippen molar-refractivity contribution in [2.45, 2.75) is 63.6 Å². The van der Waals surface area contributed by atoms with E-state index >= 15 is 0 Å². The molecule has 174 valence electrons. The van der Waals surface area contributed by atoms with Gasteiger partial charge in [-0.1, -0.05) is 55.5 Å². The molecule has 2 fully saturated rings. The van der Waals surface area contributed by atoms with Crippen molar-refractivity contribution in [2.24, 2.45) is 0 Å². The van der Waals surface area contributed by atoms with Crippen molar-refractivity contribution in [1.82, 2.24) is 15.1 Å². The van der Waals surface area contributed by atoms with Crippen molar-refractivity contribution < 1.29 is 4.74 Å². The summed E-state index contributed by atoms with van der Waals surface area (Å²) in [5, 5.41) is 3.66. The fourth-order valence-corrected chi connectivity index (χ4v) is 5.26. The molecule has 2 aromatic rings. The lowest BCUT2D eigenvalue weighted by Gasteiger charge is -2.34. The predicted molar refractivity (Wildman–Crippen MR) is 133 cm³/mol. The van der Waals surface area contributed by atoms with Gasteiger partial charge in [0.15, 0.2) is 0 Å². The third-order valence-electron chi connectivity index (χ3n) is 7.34. The summed E-state index contributed by atoms with van der Waals surface area (Å²) in [4.78, 5) is 5.11. The van der Waals surface area contributed by atoms with Gasteiger partial charge in [-0.15, -0.1) is 0 Å². The van der Waals surface area contributed by atoms with Crippen LogP contribution in [0.5, 0.6) is 5.75 Å². The number of piperidine rings is 1. The van der Waals surface area contributed by atoms with Crippen molar-refractivity contribution in [2.75, 3.05) is 39.8 Å². The van der Waals surface area contributed by atoms with Gasteiger partial charge in [0.1, 0.15) is 11.9 Å². The first-order chi connectivity index (χ1) is 15.7. The van der Waals surface area contributed by atoms with Gasteiger partial charge in [0, 0.05) is 37.8 Å². The minimum atomic E-state index is 0.326. The monoisotopic (exact) mass is 435 g/mol. The number of para-hydroxylation sites is 1. The quantitative estimate of drug-likeness (QED) is 0.537. The molecule has 0 spiro atoms. The molecule has 4 rings (SSSR count). The highest BCUT2D eigenvalue weighted by molar-refractivity contribution is 5.33. The zero-order chi connectivity index (χ0) is 22.2. The number of ether oxygens (including phenoxy) is 1. The summed E-state index contributed by atoms with van der Waals surface area (Å²) < 4.78 is 6.50. The molecule has 4 heteroatoms. The Balaban J connectivity index is 1.20. The molecule has 4 nitrogen and oxygen atoms in total. The molecule has 0 radical (unpaired) electrons. The second kappa shape index (κ2) is 11.8. The van der Waals surface area contributed by atoms with Gasteiger partial charge in [0.25, 0.3) is 0 Å². The highest BCUT2D eigenvalue weighted by Crippen LogP contribution is 2.25. The Morgan fingerprint density at radius 2 is 1.72 bits per heavy atom. The van der Waals surface area contributed by atoms with E-state index in [1.165, 1.54) is 36.9 Å². The van der Waals surface area contributed by atoms with E-state index in [4.69, 9.17) is 4.74 Å². The SMILES string of the molecule is CC(CN1CCC(Oc2ccccc2CNCCC2CCCN2C)CC1)c1ccccc1. The van der Waals surface area contributed by atoms with Crippen LogP contribution >= 0.6 is 0 Å². The smallest absolute Gasteiger partial charge is 0.124 e. The summed E-state index contributed by atoms with van der Waals surface area (Å²) >= 11 is 0. The van der Waals surface area contributed by atoms with Crippen LogP contribution in [0, 0.1) is 0 Å². The Kier molecular flexibility index (Phi) is 8.61. The molecule has 0 saturated carbocycles. The average Bonchev–Trinajstić information content (AvgIpc) is 3.24. The number of nitrogens with zero attached hydrogens (tertiary/aromatic N) is 2. The topological polar surface area (TPSA) is 27.7 Å². The number of rotatable bonds is 10. The van der Waals surface area contributed by atoms with Crippen molar-refractivity contribution in [3.05, 3.63) is 65.7 Å². The zero-order valence-electron chi connectivity index (χ0n) is 20.0. The normalized spacial score (nSPS) is 21.6. The predicted octanol–water partition coefficient (Wildman–Crippen LogP) is 4.91. The zero-order valence-corrected chi connectivity index (χ0v) is 20.0. The minimum absolute atomic E-state index is 0.326. The summed E-state index contributed by atoms with van der Waals surface area (Å²) in [6.07, 6.45) is 6.47. The molecule has 2 atom stereocenters. The largest absolute Gasteiger partial charge is 0.490 e. The Morgan fingerprint density at radius 3 is 2.47 bits per heavy atom. The third kappa shape index (κ3) is 6.57. The van der Waals surface area contributed by atoms with E-state index < -0.39 is 0 Å². The lowest BCUT2D eigenvalue weighted by atomic mass is 9.99. The van der Waals surface area contributed by atoms with Gasteiger partial charge >= 0.3 is 0 Å². The Hall–Kier alpha value is -1.88. The number of hydrogen-bond acceptors (Lipinski definition) is 4. The van der Waals surface area contributed by atoms with E-state index in [2.05, 4.69) is 83.7 Å². The van der Waals surface area contributed by atoms with E-state index in [-0.39, 0.29) is 0 Å². The molecule has 0 aromatic heterocycles. The lowest BCUT2D eigenvalue weighted by molar-refractivity contribution is 0.0969. The lowest BCUT2D eigenvalue weighted by Crippen LogP contribution is -2.40. The van der Waals surface area contributed by atoms with Gasteiger partial charge in [0.2, 0.25) is 0 Å². The number of likely N-dealkylation sites (tertiary alicyclic amines) is 2. The average molecular weight is 436 g/mol. The van der Waals surface area contributed by atoms with Crippen LogP contribution in [0.4, 0.5) is 0 Å². The summed E-state index contributed by atoms with van der Waals surface area (Å²) in [5.41, 5.74) is 2.72. The van der Waals surface area contributed by atoms with Crippen LogP contribution in [0.1, 0.15) is 56.1 Å². The summed E-state index contributed by atoms with van der Waals surface area (Å²) in [5.74, 6) is 1.64. The second-order valence-electron chi connectivity index (χ2n) is 9.78. The van der Waals surface area contributed by atoms with Crippen molar-refractivity contribution in [1.29, 1.82) is 0 Å². The molecule has 32 heavy (non-hydrogen) atoms. The van der Waals surface area contributed by atoms with Crippen LogP contribution in [0.2, 0.25) is 0 Å². The fourth-order valence-electron chi connectivity index (χ4n) is 5.26. The van der Waals surface area contributed by atoms with Crippen LogP contribution in [0.25, 0.3) is 0 Å². The minimum Gasteiger partial charge on any atom is -0.490 e. The van der Waals surface area contributed by atoms with E-state index in [1.54, 1.807) is 0 Å². The maximum absolute atomic E-state index is 6.50. The first-order valence-corrected chi connectivity index (χ1v) is 12.6. The Bertz CT molecular complexity index is 803. The van der Waals surface area contributed by atoms with Gasteiger partial charge in [0.05, 0.1) is 0 Å². The summed E-state index contributed by atoms with van der Waals surface area (Å²) in [7, 11) is 2.26. The molecule has 0 aliphatic carbocycles. The fraction of sp³-hybridized carbons (Fsp3) is 0.571. The first kappa shape index (κ1) is 23.3. The van der Waals surface area contributed by atoms with Crippen molar-refractivity contribution >= 4 is 0 Å². The van der Waals surface area contributed by atoms with E-state index in [9.17, 15) is 0 Å². The van der Waals surface area contributed by atoms with E-state index in [0.717, 1.165) is 57.4 Å². The molecule has 2 unspecified atom stereocenters. The number of hydrogen-bond donors (Lipinski definition) is 1. The molecule has 2 aliphatic rings. The molecule has 2 aliphatic heterocycles. The molecule has 1 N–H and O–H groups in total. The van der Waals surface area contributed by atoms with Crippen LogP contribution in [-0.4, -0.2) is 61.7 Å². The maximum Gasteiger partial charge on any atom is 0.124 e. The van der Waals surface area contributed by atoms with Crippen LogP contribution in [0.3, 0.4) is 0 Å². The van der Waals surface area contributed by atoms with Gasteiger partial charge in [-0.3, -0.25) is 0 Å². The van der Waals surface area contributed by atoms with Crippen LogP contribution < -0.4 is 10.1 Å². The molecule has 0 amide bonds. The van der Waals surface area contributed by atoms with Gasteiger partial charge in [-0.2, -0.15) is 0 Å². The Morgan fingerprint density at radius 1 is 0.969 bits per heavy atom. The highest BCUT2D eigenvalue weighted by Gasteiger charge is 2.23. The first-order valence-electron chi connectivity index (χ1n) is 12.6.